The fraction of sp³-hybridized carbons (Fsp3) is 0.450. The predicted molar refractivity (Wildman–Crippen MR) is 101 cm³/mol. The monoisotopic (exact) mass is 356 g/mol. The van der Waals surface area contributed by atoms with Crippen molar-refractivity contribution in [1.82, 2.24) is 9.88 Å². The summed E-state index contributed by atoms with van der Waals surface area (Å²) in [5.41, 5.74) is 2.42. The van der Waals surface area contributed by atoms with Crippen LogP contribution in [0, 0.1) is 0 Å². The molecule has 25 heavy (non-hydrogen) atoms. The summed E-state index contributed by atoms with van der Waals surface area (Å²) in [5.74, 6) is 2.09. The zero-order valence-electron chi connectivity index (χ0n) is 14.6. The van der Waals surface area contributed by atoms with Gasteiger partial charge >= 0.3 is 0 Å². The second-order valence-electron chi connectivity index (χ2n) is 6.95. The molecule has 0 bridgehead atoms. The molecule has 1 atom stereocenters. The van der Waals surface area contributed by atoms with Crippen molar-refractivity contribution < 1.29 is 9.47 Å². The molecule has 0 radical (unpaired) electrons. The van der Waals surface area contributed by atoms with Crippen molar-refractivity contribution in [2.45, 2.75) is 30.4 Å². The van der Waals surface area contributed by atoms with Crippen molar-refractivity contribution in [3.63, 3.8) is 0 Å². The van der Waals surface area contributed by atoms with Crippen LogP contribution in [0.2, 0.25) is 0 Å². The molecule has 4 rings (SSSR count). The summed E-state index contributed by atoms with van der Waals surface area (Å²) < 4.78 is 12.0. The molecule has 0 saturated carbocycles. The van der Waals surface area contributed by atoms with E-state index in [2.05, 4.69) is 39.8 Å². The summed E-state index contributed by atoms with van der Waals surface area (Å²) >= 11 is 2.09. The maximum absolute atomic E-state index is 6.11. The fourth-order valence-electron chi connectivity index (χ4n) is 3.78. The molecule has 2 fully saturated rings. The van der Waals surface area contributed by atoms with Gasteiger partial charge in [-0.15, -0.1) is 11.8 Å². The maximum atomic E-state index is 6.11. The van der Waals surface area contributed by atoms with Crippen molar-refractivity contribution in [3.8, 4) is 5.75 Å². The minimum atomic E-state index is 0.360. The fourth-order valence-corrected chi connectivity index (χ4v) is 5.39. The van der Waals surface area contributed by atoms with Crippen LogP contribution in [-0.2, 0) is 17.9 Å². The van der Waals surface area contributed by atoms with Gasteiger partial charge in [0.05, 0.1) is 19.8 Å². The second kappa shape index (κ2) is 7.36. The van der Waals surface area contributed by atoms with E-state index in [-0.39, 0.29) is 0 Å². The first kappa shape index (κ1) is 16.9. The minimum absolute atomic E-state index is 0.360. The van der Waals surface area contributed by atoms with Gasteiger partial charge in [0.15, 0.2) is 0 Å². The van der Waals surface area contributed by atoms with E-state index in [0.29, 0.717) is 17.5 Å². The third kappa shape index (κ3) is 3.84. The Balaban J connectivity index is 1.26. The van der Waals surface area contributed by atoms with E-state index >= 15 is 0 Å². The molecule has 5 heteroatoms. The predicted octanol–water partition coefficient (Wildman–Crippen LogP) is 3.37. The molecular formula is C20H24N2O2S. The van der Waals surface area contributed by atoms with Gasteiger partial charge in [-0.1, -0.05) is 24.3 Å². The number of thioether (sulfide) groups is 1. The summed E-state index contributed by atoms with van der Waals surface area (Å²) in [5, 5.41) is 0. The van der Waals surface area contributed by atoms with E-state index in [9.17, 15) is 0 Å². The summed E-state index contributed by atoms with van der Waals surface area (Å²) in [6, 6.07) is 12.3. The van der Waals surface area contributed by atoms with E-state index in [1.165, 1.54) is 5.56 Å². The summed E-state index contributed by atoms with van der Waals surface area (Å²) in [6.07, 6.45) is 5.20. The van der Waals surface area contributed by atoms with Crippen LogP contribution in [0.15, 0.2) is 48.8 Å². The van der Waals surface area contributed by atoms with E-state index in [4.69, 9.17) is 9.47 Å². The van der Waals surface area contributed by atoms with E-state index in [0.717, 1.165) is 43.1 Å². The van der Waals surface area contributed by atoms with Crippen LogP contribution in [0.25, 0.3) is 0 Å². The quantitative estimate of drug-likeness (QED) is 0.793. The van der Waals surface area contributed by atoms with Gasteiger partial charge in [0.2, 0.25) is 0 Å². The van der Waals surface area contributed by atoms with Gasteiger partial charge in [-0.3, -0.25) is 9.88 Å². The smallest absolute Gasteiger partial charge is 0.123 e. The molecule has 2 saturated heterocycles. The highest BCUT2D eigenvalue weighted by molar-refractivity contribution is 8.01. The van der Waals surface area contributed by atoms with Crippen LogP contribution in [0.4, 0.5) is 0 Å². The molecule has 2 aliphatic heterocycles. The van der Waals surface area contributed by atoms with Gasteiger partial charge in [0, 0.05) is 48.1 Å². The number of hydrogen-bond acceptors (Lipinski definition) is 5. The zero-order valence-corrected chi connectivity index (χ0v) is 15.4. The maximum Gasteiger partial charge on any atom is 0.123 e. The number of ether oxygens (including phenoxy) is 2. The van der Waals surface area contributed by atoms with Gasteiger partial charge in [0.25, 0.3) is 0 Å². The van der Waals surface area contributed by atoms with Crippen molar-refractivity contribution in [3.05, 3.63) is 59.9 Å². The number of hydrogen-bond donors (Lipinski definition) is 0. The molecule has 2 aliphatic rings. The lowest BCUT2D eigenvalue weighted by Crippen LogP contribution is -2.58. The van der Waals surface area contributed by atoms with Gasteiger partial charge in [0.1, 0.15) is 5.75 Å². The molecule has 4 nitrogen and oxygen atoms in total. The average molecular weight is 356 g/mol. The Kier molecular flexibility index (Phi) is 4.97. The Hall–Kier alpha value is -1.56. The van der Waals surface area contributed by atoms with Crippen molar-refractivity contribution in [1.29, 1.82) is 0 Å². The van der Waals surface area contributed by atoms with Crippen LogP contribution in [0.5, 0.6) is 5.75 Å². The lowest BCUT2D eigenvalue weighted by Gasteiger charge is -2.47. The summed E-state index contributed by atoms with van der Waals surface area (Å²) in [7, 11) is 1.74. The number of pyridine rings is 1. The Labute approximate surface area is 153 Å². The number of methoxy groups -OCH3 is 1. The molecular weight excluding hydrogens is 332 g/mol. The summed E-state index contributed by atoms with van der Waals surface area (Å²) in [4.78, 5) is 6.66. The van der Waals surface area contributed by atoms with Gasteiger partial charge in [-0.25, -0.2) is 0 Å². The summed E-state index contributed by atoms with van der Waals surface area (Å²) in [6.45, 7) is 3.92. The van der Waals surface area contributed by atoms with Crippen molar-refractivity contribution in [2.24, 2.45) is 0 Å². The Bertz CT molecular complexity index is 704. The lowest BCUT2D eigenvalue weighted by atomic mass is 9.92. The first-order chi connectivity index (χ1) is 12.3. The second-order valence-corrected chi connectivity index (χ2v) is 8.44. The zero-order chi connectivity index (χ0) is 17.1. The normalized spacial score (nSPS) is 22.0. The Morgan fingerprint density at radius 1 is 1.24 bits per heavy atom. The molecule has 0 aliphatic carbocycles. The van der Waals surface area contributed by atoms with Crippen LogP contribution in [-0.4, -0.2) is 46.7 Å². The van der Waals surface area contributed by atoms with Crippen molar-refractivity contribution in [2.75, 3.05) is 26.0 Å². The molecule has 0 amide bonds. The lowest BCUT2D eigenvalue weighted by molar-refractivity contribution is 0.0262. The number of rotatable bonds is 6. The highest BCUT2D eigenvalue weighted by Crippen LogP contribution is 2.46. The van der Waals surface area contributed by atoms with Gasteiger partial charge < -0.3 is 9.47 Å². The van der Waals surface area contributed by atoms with Crippen LogP contribution in [0.3, 0.4) is 0 Å². The largest absolute Gasteiger partial charge is 0.496 e. The van der Waals surface area contributed by atoms with Crippen LogP contribution >= 0.6 is 11.8 Å². The van der Waals surface area contributed by atoms with Gasteiger partial charge in [-0.2, -0.15) is 0 Å². The number of para-hydroxylation sites is 1. The molecule has 0 unspecified atom stereocenters. The van der Waals surface area contributed by atoms with Gasteiger partial charge in [-0.05, 0) is 24.1 Å². The Morgan fingerprint density at radius 2 is 2.12 bits per heavy atom. The molecule has 1 spiro atoms. The molecule has 2 aromatic rings. The number of aromatic nitrogens is 1. The molecule has 1 aromatic heterocycles. The van der Waals surface area contributed by atoms with Crippen molar-refractivity contribution >= 4 is 11.8 Å². The van der Waals surface area contributed by atoms with E-state index in [1.807, 2.05) is 24.4 Å². The van der Waals surface area contributed by atoms with Crippen LogP contribution < -0.4 is 4.74 Å². The molecule has 132 valence electrons. The highest BCUT2D eigenvalue weighted by Gasteiger charge is 2.49. The van der Waals surface area contributed by atoms with E-state index in [1.54, 1.807) is 13.3 Å². The van der Waals surface area contributed by atoms with Crippen LogP contribution in [0.1, 0.15) is 17.5 Å². The SMILES string of the molecule is COc1ccccc1CN1CC2(C[C@H](OCc3cccnc3)CS2)C1. The highest BCUT2D eigenvalue weighted by atomic mass is 32.2. The molecule has 1 aromatic carbocycles. The molecule has 0 N–H and O–H groups in total. The third-order valence-electron chi connectivity index (χ3n) is 4.99. The molecule has 3 heterocycles. The first-order valence-corrected chi connectivity index (χ1v) is 9.74. The number of likely N-dealkylation sites (tertiary alicyclic amines) is 1. The topological polar surface area (TPSA) is 34.6 Å². The standard InChI is InChI=1S/C20H24N2O2S/c1-23-19-7-3-2-6-17(19)11-22-14-20(15-22)9-18(13-25-20)24-12-16-5-4-8-21-10-16/h2-8,10,18H,9,11-15H2,1H3/t18-/m0/s1. The number of nitrogens with zero attached hydrogens (tertiary/aromatic N) is 2. The average Bonchev–Trinajstić information content (AvgIpc) is 3.05. The Morgan fingerprint density at radius 3 is 2.92 bits per heavy atom. The number of benzene rings is 1. The third-order valence-corrected chi connectivity index (χ3v) is 6.57. The minimum Gasteiger partial charge on any atom is -0.496 e. The van der Waals surface area contributed by atoms with E-state index < -0.39 is 0 Å². The first-order valence-electron chi connectivity index (χ1n) is 8.75.